The third-order valence-corrected chi connectivity index (χ3v) is 5.66. The molecule has 0 aromatic carbocycles. The lowest BCUT2D eigenvalue weighted by molar-refractivity contribution is -0.119. The Morgan fingerprint density at radius 3 is 2.86 bits per heavy atom. The van der Waals surface area contributed by atoms with Crippen LogP contribution < -0.4 is 5.32 Å². The molecule has 1 N–H and O–H groups in total. The van der Waals surface area contributed by atoms with Gasteiger partial charge in [0.25, 0.3) is 0 Å². The second-order valence-electron chi connectivity index (χ2n) is 5.49. The van der Waals surface area contributed by atoms with Crippen LogP contribution in [0, 0.1) is 0 Å². The highest BCUT2D eigenvalue weighted by atomic mass is 32.2. The van der Waals surface area contributed by atoms with Crippen molar-refractivity contribution in [2.75, 3.05) is 17.3 Å². The average Bonchev–Trinajstić information content (AvgIpc) is 3.10. The van der Waals surface area contributed by atoms with Crippen LogP contribution in [-0.2, 0) is 4.79 Å². The van der Waals surface area contributed by atoms with Crippen molar-refractivity contribution in [3.8, 4) is 0 Å². The molecule has 1 atom stereocenters. The molecule has 1 fully saturated rings. The van der Waals surface area contributed by atoms with E-state index in [1.54, 1.807) is 11.8 Å². The van der Waals surface area contributed by atoms with Crippen LogP contribution in [0.1, 0.15) is 42.7 Å². The fourth-order valence-corrected chi connectivity index (χ4v) is 3.87. The van der Waals surface area contributed by atoms with Crippen molar-refractivity contribution in [3.63, 3.8) is 0 Å². The maximum atomic E-state index is 12.6. The zero-order chi connectivity index (χ0) is 15.4. The summed E-state index contributed by atoms with van der Waals surface area (Å²) in [6, 6.07) is 3.69. The number of anilines is 1. The highest BCUT2D eigenvalue weighted by Crippen LogP contribution is 2.38. The number of amides is 1. The number of carbonyl (C=O) groups is 1. The average molecular weight is 336 g/mol. The van der Waals surface area contributed by atoms with Gasteiger partial charge in [-0.05, 0) is 43.4 Å². The predicted octanol–water partition coefficient (Wildman–Crippen LogP) is 3.54. The zero-order valence-corrected chi connectivity index (χ0v) is 14.2. The van der Waals surface area contributed by atoms with Crippen molar-refractivity contribution in [1.82, 2.24) is 14.8 Å². The van der Waals surface area contributed by atoms with Crippen molar-refractivity contribution in [3.05, 3.63) is 29.5 Å². The first-order valence-electron chi connectivity index (χ1n) is 7.53. The van der Waals surface area contributed by atoms with Crippen molar-refractivity contribution in [1.29, 1.82) is 0 Å². The number of rotatable bonds is 7. The first kappa shape index (κ1) is 15.6. The monoisotopic (exact) mass is 336 g/mol. The van der Waals surface area contributed by atoms with E-state index in [1.165, 1.54) is 30.6 Å². The van der Waals surface area contributed by atoms with E-state index < -0.39 is 0 Å². The van der Waals surface area contributed by atoms with Crippen LogP contribution in [0.4, 0.5) is 5.13 Å². The summed E-state index contributed by atoms with van der Waals surface area (Å²) in [5.41, 5.74) is 0. The Hall–Kier alpha value is -1.34. The van der Waals surface area contributed by atoms with Crippen molar-refractivity contribution in [2.45, 2.75) is 37.6 Å². The lowest BCUT2D eigenvalue weighted by Crippen LogP contribution is -2.25. The number of hydrogen-bond acceptors (Lipinski definition) is 5. The molecule has 1 aliphatic rings. The van der Waals surface area contributed by atoms with Crippen LogP contribution >= 0.6 is 23.1 Å². The van der Waals surface area contributed by atoms with Gasteiger partial charge in [0.05, 0.1) is 0 Å². The zero-order valence-electron chi connectivity index (χ0n) is 12.6. The maximum Gasteiger partial charge on any atom is 0.249 e. The number of hydrogen-bond donors (Lipinski definition) is 1. The van der Waals surface area contributed by atoms with Crippen LogP contribution in [0.5, 0.6) is 0 Å². The van der Waals surface area contributed by atoms with E-state index in [0.29, 0.717) is 11.0 Å². The van der Waals surface area contributed by atoms with Gasteiger partial charge in [-0.25, -0.2) is 0 Å². The molecular weight excluding hydrogens is 316 g/mol. The number of nitrogens with one attached hydrogen (secondary N) is 1. The molecule has 3 rings (SSSR count). The lowest BCUT2D eigenvalue weighted by Gasteiger charge is -2.21. The van der Waals surface area contributed by atoms with Crippen molar-refractivity contribution >= 4 is 34.1 Å². The van der Waals surface area contributed by atoms with Crippen LogP contribution in [0.2, 0.25) is 0 Å². The van der Waals surface area contributed by atoms with E-state index >= 15 is 0 Å². The fraction of sp³-hybridized carbons (Fsp3) is 0.533. The quantitative estimate of drug-likeness (QED) is 0.840. The molecule has 1 amide bonds. The smallest absolute Gasteiger partial charge is 0.249 e. The van der Waals surface area contributed by atoms with E-state index in [9.17, 15) is 4.79 Å². The Labute approximate surface area is 138 Å². The summed E-state index contributed by atoms with van der Waals surface area (Å²) >= 11 is 3.27. The Morgan fingerprint density at radius 2 is 2.23 bits per heavy atom. The lowest BCUT2D eigenvalue weighted by atomic mass is 9.86. The minimum atomic E-state index is -0.196. The Morgan fingerprint density at radius 1 is 1.45 bits per heavy atom. The van der Waals surface area contributed by atoms with Crippen LogP contribution in [0.15, 0.2) is 24.5 Å². The Bertz CT molecular complexity index is 607. The van der Waals surface area contributed by atoms with E-state index in [-0.39, 0.29) is 11.9 Å². The predicted molar refractivity (Wildman–Crippen MR) is 91.6 cm³/mol. The standard InChI is InChI=1S/C15H20N4OS2/c1-21-10-7-12(19-8-2-3-9-19)13(20)16-15-18-17-14(22-15)11-5-4-6-11/h2-3,8-9,11-12H,4-7,10H2,1H3,(H,16,18,20). The molecule has 2 aromatic heterocycles. The Balaban J connectivity index is 1.66. The van der Waals surface area contributed by atoms with E-state index in [4.69, 9.17) is 0 Å². The molecule has 0 aliphatic heterocycles. The van der Waals surface area contributed by atoms with E-state index in [1.807, 2.05) is 29.1 Å². The largest absolute Gasteiger partial charge is 0.342 e. The SMILES string of the molecule is CSCCC(C(=O)Nc1nnc(C2CCC2)s1)n1cccc1. The third kappa shape index (κ3) is 3.52. The minimum absolute atomic E-state index is 0.0124. The van der Waals surface area contributed by atoms with Crippen molar-refractivity contribution in [2.24, 2.45) is 0 Å². The van der Waals surface area contributed by atoms with Gasteiger partial charge >= 0.3 is 0 Å². The summed E-state index contributed by atoms with van der Waals surface area (Å²) in [6.07, 6.45) is 10.4. The molecule has 1 unspecified atom stereocenters. The first-order valence-corrected chi connectivity index (χ1v) is 9.74. The van der Waals surface area contributed by atoms with Gasteiger partial charge in [-0.2, -0.15) is 11.8 Å². The van der Waals surface area contributed by atoms with Gasteiger partial charge in [0.2, 0.25) is 11.0 Å². The Kier molecular flexibility index (Phi) is 5.15. The van der Waals surface area contributed by atoms with Crippen molar-refractivity contribution < 1.29 is 4.79 Å². The molecule has 7 heteroatoms. The second kappa shape index (κ2) is 7.28. The molecule has 1 saturated carbocycles. The van der Waals surface area contributed by atoms with Gasteiger partial charge in [0.1, 0.15) is 11.0 Å². The molecule has 5 nitrogen and oxygen atoms in total. The molecule has 2 heterocycles. The fourth-order valence-electron chi connectivity index (χ4n) is 2.49. The summed E-state index contributed by atoms with van der Waals surface area (Å²) in [5, 5.41) is 13.0. The van der Waals surface area contributed by atoms with Gasteiger partial charge in [0.15, 0.2) is 0 Å². The highest BCUT2D eigenvalue weighted by molar-refractivity contribution is 7.98. The molecular formula is C15H20N4OS2. The summed E-state index contributed by atoms with van der Waals surface area (Å²) in [4.78, 5) is 12.6. The molecule has 0 spiro atoms. The molecule has 0 radical (unpaired) electrons. The molecule has 2 aromatic rings. The normalized spacial score (nSPS) is 16.2. The summed E-state index contributed by atoms with van der Waals surface area (Å²) in [5.74, 6) is 1.49. The van der Waals surface area contributed by atoms with Gasteiger partial charge < -0.3 is 4.57 Å². The van der Waals surface area contributed by atoms with Crippen LogP contribution in [0.25, 0.3) is 0 Å². The molecule has 0 saturated heterocycles. The summed E-state index contributed by atoms with van der Waals surface area (Å²) in [6.45, 7) is 0. The van der Waals surface area contributed by atoms with Gasteiger partial charge in [-0.1, -0.05) is 17.8 Å². The van der Waals surface area contributed by atoms with Gasteiger partial charge in [0, 0.05) is 18.3 Å². The van der Waals surface area contributed by atoms with Gasteiger partial charge in [-0.3, -0.25) is 10.1 Å². The molecule has 22 heavy (non-hydrogen) atoms. The molecule has 118 valence electrons. The van der Waals surface area contributed by atoms with E-state index in [0.717, 1.165) is 17.2 Å². The first-order chi connectivity index (χ1) is 10.8. The minimum Gasteiger partial charge on any atom is -0.342 e. The summed E-state index contributed by atoms with van der Waals surface area (Å²) < 4.78 is 1.96. The summed E-state index contributed by atoms with van der Waals surface area (Å²) in [7, 11) is 0. The van der Waals surface area contributed by atoms with Gasteiger partial charge in [-0.15, -0.1) is 10.2 Å². The van der Waals surface area contributed by atoms with E-state index in [2.05, 4.69) is 21.8 Å². The highest BCUT2D eigenvalue weighted by Gasteiger charge is 2.25. The number of aromatic nitrogens is 3. The number of carbonyl (C=O) groups excluding carboxylic acids is 1. The molecule has 0 bridgehead atoms. The third-order valence-electron chi connectivity index (χ3n) is 4.01. The molecule has 1 aliphatic carbocycles. The number of thioether (sulfide) groups is 1. The second-order valence-corrected chi connectivity index (χ2v) is 7.48. The van der Waals surface area contributed by atoms with Crippen LogP contribution in [0.3, 0.4) is 0 Å². The topological polar surface area (TPSA) is 59.8 Å². The number of nitrogens with zero attached hydrogens (tertiary/aromatic N) is 3. The van der Waals surface area contributed by atoms with Crippen LogP contribution in [-0.4, -0.2) is 32.7 Å². The maximum absolute atomic E-state index is 12.6.